The number of hydrogen-bond donors (Lipinski definition) is 1. The first-order chi connectivity index (χ1) is 8.94. The summed E-state index contributed by atoms with van der Waals surface area (Å²) >= 11 is 0. The van der Waals surface area contributed by atoms with E-state index in [1.165, 1.54) is 5.56 Å². The number of hydrogen-bond acceptors (Lipinski definition) is 4. The molecule has 0 fully saturated rings. The molecule has 4 nitrogen and oxygen atoms in total. The Morgan fingerprint density at radius 1 is 1.21 bits per heavy atom. The SMILES string of the molecule is CN(CCc1ccc2c(c1)OCO2)CCC(C)(C)N. The molecule has 0 amide bonds. The predicted molar refractivity (Wildman–Crippen MR) is 76.6 cm³/mol. The summed E-state index contributed by atoms with van der Waals surface area (Å²) in [7, 11) is 2.14. The van der Waals surface area contributed by atoms with Crippen LogP contribution in [0.3, 0.4) is 0 Å². The Hall–Kier alpha value is -1.26. The van der Waals surface area contributed by atoms with Gasteiger partial charge in [-0.2, -0.15) is 0 Å². The van der Waals surface area contributed by atoms with Crippen LogP contribution >= 0.6 is 0 Å². The highest BCUT2D eigenvalue weighted by Crippen LogP contribution is 2.32. The van der Waals surface area contributed by atoms with Crippen LogP contribution in [0.5, 0.6) is 11.5 Å². The van der Waals surface area contributed by atoms with Gasteiger partial charge in [0, 0.05) is 12.1 Å². The molecular formula is C15H24N2O2. The van der Waals surface area contributed by atoms with Crippen molar-refractivity contribution in [2.45, 2.75) is 32.2 Å². The van der Waals surface area contributed by atoms with E-state index < -0.39 is 0 Å². The minimum Gasteiger partial charge on any atom is -0.454 e. The van der Waals surface area contributed by atoms with Crippen molar-refractivity contribution in [2.75, 3.05) is 26.9 Å². The second-order valence-corrected chi connectivity index (χ2v) is 5.98. The van der Waals surface area contributed by atoms with E-state index in [2.05, 4.69) is 37.9 Å². The van der Waals surface area contributed by atoms with Gasteiger partial charge in [0.25, 0.3) is 0 Å². The molecule has 0 spiro atoms. The van der Waals surface area contributed by atoms with Gasteiger partial charge in [0.15, 0.2) is 11.5 Å². The molecule has 0 aromatic heterocycles. The van der Waals surface area contributed by atoms with E-state index in [0.29, 0.717) is 6.79 Å². The van der Waals surface area contributed by atoms with Gasteiger partial charge < -0.3 is 20.1 Å². The molecule has 2 rings (SSSR count). The molecule has 0 bridgehead atoms. The Balaban J connectivity index is 1.79. The second kappa shape index (κ2) is 5.80. The molecule has 106 valence electrons. The third kappa shape index (κ3) is 4.40. The molecule has 4 heteroatoms. The molecule has 0 saturated heterocycles. The number of likely N-dealkylation sites (N-methyl/N-ethyl adjacent to an activating group) is 1. The van der Waals surface area contributed by atoms with Crippen molar-refractivity contribution < 1.29 is 9.47 Å². The number of nitrogens with two attached hydrogens (primary N) is 1. The quantitative estimate of drug-likeness (QED) is 0.854. The lowest BCUT2D eigenvalue weighted by atomic mass is 10.0. The number of nitrogens with zero attached hydrogens (tertiary/aromatic N) is 1. The standard InChI is InChI=1S/C15H24N2O2/c1-15(2,16)7-9-17(3)8-6-12-4-5-13-14(10-12)19-11-18-13/h4-5,10H,6-9,11,16H2,1-3H3. The average Bonchev–Trinajstić information content (AvgIpc) is 2.80. The number of benzene rings is 1. The molecule has 0 radical (unpaired) electrons. The van der Waals surface area contributed by atoms with Crippen LogP contribution in [0, 0.1) is 0 Å². The first-order valence-electron chi connectivity index (χ1n) is 6.80. The van der Waals surface area contributed by atoms with Gasteiger partial charge in [-0.15, -0.1) is 0 Å². The first kappa shape index (κ1) is 14.2. The predicted octanol–water partition coefficient (Wildman–Crippen LogP) is 2.02. The summed E-state index contributed by atoms with van der Waals surface area (Å²) in [6.45, 7) is 6.52. The average molecular weight is 264 g/mol. The molecule has 0 aliphatic carbocycles. The summed E-state index contributed by atoms with van der Waals surface area (Å²) in [4.78, 5) is 2.32. The fourth-order valence-corrected chi connectivity index (χ4v) is 2.01. The highest BCUT2D eigenvalue weighted by atomic mass is 16.7. The Kier molecular flexibility index (Phi) is 4.32. The van der Waals surface area contributed by atoms with E-state index in [-0.39, 0.29) is 5.54 Å². The van der Waals surface area contributed by atoms with Crippen LogP contribution in [0.15, 0.2) is 18.2 Å². The van der Waals surface area contributed by atoms with E-state index in [1.54, 1.807) is 0 Å². The third-order valence-electron chi connectivity index (χ3n) is 3.36. The minimum atomic E-state index is -0.0903. The zero-order valence-electron chi connectivity index (χ0n) is 12.1. The Bertz CT molecular complexity index is 427. The normalized spacial score (nSPS) is 14.2. The van der Waals surface area contributed by atoms with Crippen molar-refractivity contribution in [1.29, 1.82) is 0 Å². The van der Waals surface area contributed by atoms with Crippen LogP contribution in [0.25, 0.3) is 0 Å². The first-order valence-corrected chi connectivity index (χ1v) is 6.80. The molecule has 1 heterocycles. The van der Waals surface area contributed by atoms with Crippen LogP contribution in [0.4, 0.5) is 0 Å². The van der Waals surface area contributed by atoms with Crippen LogP contribution in [-0.4, -0.2) is 37.4 Å². The highest BCUT2D eigenvalue weighted by Gasteiger charge is 2.14. The number of fused-ring (bicyclic) bond motifs is 1. The summed E-state index contributed by atoms with van der Waals surface area (Å²) in [5.74, 6) is 1.71. The fourth-order valence-electron chi connectivity index (χ4n) is 2.01. The van der Waals surface area contributed by atoms with Crippen molar-refractivity contribution in [2.24, 2.45) is 5.73 Å². The van der Waals surface area contributed by atoms with Crippen LogP contribution in [0.1, 0.15) is 25.8 Å². The molecule has 1 aliphatic rings. The summed E-state index contributed by atoms with van der Waals surface area (Å²) in [5, 5.41) is 0. The Labute approximate surface area is 115 Å². The van der Waals surface area contributed by atoms with Gasteiger partial charge in [0.1, 0.15) is 0 Å². The molecule has 0 unspecified atom stereocenters. The second-order valence-electron chi connectivity index (χ2n) is 5.98. The van der Waals surface area contributed by atoms with Gasteiger partial charge in [0.2, 0.25) is 6.79 Å². The van der Waals surface area contributed by atoms with E-state index in [0.717, 1.165) is 37.4 Å². The van der Waals surface area contributed by atoms with E-state index >= 15 is 0 Å². The Morgan fingerprint density at radius 3 is 2.68 bits per heavy atom. The van der Waals surface area contributed by atoms with Crippen molar-refractivity contribution in [3.05, 3.63) is 23.8 Å². The maximum absolute atomic E-state index is 6.00. The molecule has 19 heavy (non-hydrogen) atoms. The lowest BCUT2D eigenvalue weighted by Gasteiger charge is -2.23. The van der Waals surface area contributed by atoms with E-state index in [9.17, 15) is 0 Å². The maximum Gasteiger partial charge on any atom is 0.231 e. The molecule has 2 N–H and O–H groups in total. The van der Waals surface area contributed by atoms with Crippen molar-refractivity contribution >= 4 is 0 Å². The summed E-state index contributed by atoms with van der Waals surface area (Å²) in [6, 6.07) is 6.16. The van der Waals surface area contributed by atoms with Crippen molar-refractivity contribution in [1.82, 2.24) is 4.90 Å². The zero-order chi connectivity index (χ0) is 13.9. The molecule has 0 saturated carbocycles. The summed E-state index contributed by atoms with van der Waals surface area (Å²) < 4.78 is 10.7. The lowest BCUT2D eigenvalue weighted by Crippen LogP contribution is -2.36. The smallest absolute Gasteiger partial charge is 0.231 e. The topological polar surface area (TPSA) is 47.7 Å². The van der Waals surface area contributed by atoms with Gasteiger partial charge in [0.05, 0.1) is 0 Å². The number of ether oxygens (including phenoxy) is 2. The van der Waals surface area contributed by atoms with Crippen LogP contribution in [-0.2, 0) is 6.42 Å². The van der Waals surface area contributed by atoms with Crippen LogP contribution < -0.4 is 15.2 Å². The molecule has 1 aromatic rings. The van der Waals surface area contributed by atoms with Gasteiger partial charge in [-0.05, 0) is 58.0 Å². The molecule has 1 aromatic carbocycles. The summed E-state index contributed by atoms with van der Waals surface area (Å²) in [5.41, 5.74) is 7.19. The van der Waals surface area contributed by atoms with Crippen molar-refractivity contribution in [3.63, 3.8) is 0 Å². The Morgan fingerprint density at radius 2 is 1.95 bits per heavy atom. The minimum absolute atomic E-state index is 0.0903. The van der Waals surface area contributed by atoms with Crippen molar-refractivity contribution in [3.8, 4) is 11.5 Å². The van der Waals surface area contributed by atoms with Gasteiger partial charge in [-0.25, -0.2) is 0 Å². The van der Waals surface area contributed by atoms with E-state index in [1.807, 2.05) is 6.07 Å². The third-order valence-corrected chi connectivity index (χ3v) is 3.36. The van der Waals surface area contributed by atoms with Gasteiger partial charge in [-0.3, -0.25) is 0 Å². The molecular weight excluding hydrogens is 240 g/mol. The van der Waals surface area contributed by atoms with E-state index in [4.69, 9.17) is 15.2 Å². The largest absolute Gasteiger partial charge is 0.454 e. The molecule has 1 aliphatic heterocycles. The van der Waals surface area contributed by atoms with Crippen LogP contribution in [0.2, 0.25) is 0 Å². The zero-order valence-corrected chi connectivity index (χ0v) is 12.1. The van der Waals surface area contributed by atoms with Gasteiger partial charge >= 0.3 is 0 Å². The highest BCUT2D eigenvalue weighted by molar-refractivity contribution is 5.44. The summed E-state index contributed by atoms with van der Waals surface area (Å²) in [6.07, 6.45) is 2.02. The monoisotopic (exact) mass is 264 g/mol. The van der Waals surface area contributed by atoms with Gasteiger partial charge in [-0.1, -0.05) is 6.07 Å². The maximum atomic E-state index is 6.00. The lowest BCUT2D eigenvalue weighted by molar-refractivity contribution is 0.174. The number of rotatable bonds is 6. The molecule has 0 atom stereocenters. The fraction of sp³-hybridized carbons (Fsp3) is 0.600.